The van der Waals surface area contributed by atoms with Gasteiger partial charge in [0.1, 0.15) is 5.60 Å². The molecule has 1 heterocycles. The Morgan fingerprint density at radius 2 is 1.50 bits per heavy atom. The number of hydrogen-bond donors (Lipinski definition) is 0. The van der Waals surface area contributed by atoms with Gasteiger partial charge in [0, 0.05) is 6.07 Å². The summed E-state index contributed by atoms with van der Waals surface area (Å²) in [5, 5.41) is 3.94. The lowest BCUT2D eigenvalue weighted by Gasteiger charge is -2.33. The van der Waals surface area contributed by atoms with Gasteiger partial charge in [-0.25, -0.2) is 0 Å². The Labute approximate surface area is 124 Å². The number of rotatable bonds is 11. The van der Waals surface area contributed by atoms with E-state index in [4.69, 9.17) is 9.26 Å². The molecule has 0 saturated heterocycles. The molecule has 3 heteroatoms. The average molecular weight is 281 g/mol. The van der Waals surface area contributed by atoms with Crippen LogP contribution in [0.4, 0.5) is 0 Å². The van der Waals surface area contributed by atoms with Gasteiger partial charge in [0.2, 0.25) is 0 Å². The van der Waals surface area contributed by atoms with Crippen LogP contribution in [0.1, 0.15) is 84.3 Å². The number of aromatic nitrogens is 1. The summed E-state index contributed by atoms with van der Waals surface area (Å²) in [6.07, 6.45) is 10.6. The molecule has 0 aliphatic heterocycles. The van der Waals surface area contributed by atoms with E-state index in [0.717, 1.165) is 25.0 Å². The molecular formula is C17H31NO2. The minimum absolute atomic E-state index is 0.0615. The first-order valence-electron chi connectivity index (χ1n) is 8.28. The first-order chi connectivity index (χ1) is 9.65. The van der Waals surface area contributed by atoms with Crippen LogP contribution in [0.2, 0.25) is 0 Å². The molecule has 20 heavy (non-hydrogen) atoms. The van der Waals surface area contributed by atoms with Crippen LogP contribution < -0.4 is 4.74 Å². The molecule has 0 aliphatic rings. The van der Waals surface area contributed by atoms with Crippen molar-refractivity contribution in [2.45, 2.75) is 91.1 Å². The Bertz CT molecular complexity index is 338. The molecule has 1 rings (SSSR count). The minimum Gasteiger partial charge on any atom is -0.457 e. The van der Waals surface area contributed by atoms with Crippen molar-refractivity contribution in [2.75, 3.05) is 0 Å². The predicted octanol–water partition coefficient (Wildman–Crippen LogP) is 5.67. The molecule has 0 aliphatic carbocycles. The van der Waals surface area contributed by atoms with Crippen molar-refractivity contribution in [3.63, 3.8) is 0 Å². The number of ether oxygens (including phenoxy) is 1. The van der Waals surface area contributed by atoms with Crippen LogP contribution in [0.5, 0.6) is 5.95 Å². The van der Waals surface area contributed by atoms with E-state index in [9.17, 15) is 0 Å². The van der Waals surface area contributed by atoms with Crippen LogP contribution >= 0.6 is 0 Å². The quantitative estimate of drug-likeness (QED) is 0.524. The summed E-state index contributed by atoms with van der Waals surface area (Å²) in [6, 6.07) is 1.90. The molecule has 0 aromatic carbocycles. The molecule has 0 saturated carbocycles. The largest absolute Gasteiger partial charge is 0.457 e. The Kier molecular flexibility index (Phi) is 7.71. The second kappa shape index (κ2) is 9.04. The molecule has 0 fully saturated rings. The van der Waals surface area contributed by atoms with Gasteiger partial charge < -0.3 is 9.26 Å². The lowest BCUT2D eigenvalue weighted by molar-refractivity contribution is 0.00758. The van der Waals surface area contributed by atoms with Gasteiger partial charge in [-0.3, -0.25) is 0 Å². The number of aryl methyl sites for hydroxylation is 1. The van der Waals surface area contributed by atoms with Crippen molar-refractivity contribution in [3.8, 4) is 5.95 Å². The van der Waals surface area contributed by atoms with Crippen LogP contribution in [0.25, 0.3) is 0 Å². The van der Waals surface area contributed by atoms with Gasteiger partial charge >= 0.3 is 5.95 Å². The van der Waals surface area contributed by atoms with Crippen LogP contribution in [0.15, 0.2) is 10.6 Å². The number of hydrogen-bond acceptors (Lipinski definition) is 3. The summed E-state index contributed by atoms with van der Waals surface area (Å²) in [5.74, 6) is 0.589. The van der Waals surface area contributed by atoms with Crippen LogP contribution in [-0.4, -0.2) is 10.8 Å². The summed E-state index contributed by atoms with van der Waals surface area (Å²) in [6.45, 7) is 8.65. The summed E-state index contributed by atoms with van der Waals surface area (Å²) in [7, 11) is 0. The Hall–Kier alpha value is -0.990. The highest BCUT2D eigenvalue weighted by Crippen LogP contribution is 2.33. The Morgan fingerprint density at radius 1 is 1.00 bits per heavy atom. The molecule has 0 radical (unpaired) electrons. The van der Waals surface area contributed by atoms with Gasteiger partial charge in [0.05, 0.1) is 5.69 Å². The molecular weight excluding hydrogens is 250 g/mol. The maximum atomic E-state index is 6.30. The first kappa shape index (κ1) is 17.1. The van der Waals surface area contributed by atoms with E-state index >= 15 is 0 Å². The molecule has 0 amide bonds. The molecule has 116 valence electrons. The van der Waals surface area contributed by atoms with Crippen LogP contribution in [-0.2, 0) is 0 Å². The lowest BCUT2D eigenvalue weighted by Crippen LogP contribution is -2.36. The summed E-state index contributed by atoms with van der Waals surface area (Å²) < 4.78 is 11.6. The lowest BCUT2D eigenvalue weighted by atomic mass is 9.86. The standard InChI is InChI=1S/C17H31NO2/c1-5-8-11-17(12-9-6-2,13-10-7-3)19-16-14-15(4)18-20-16/h14H,5-13H2,1-4H3. The van der Waals surface area contributed by atoms with Crippen molar-refractivity contribution < 1.29 is 9.26 Å². The number of nitrogens with zero attached hydrogens (tertiary/aromatic N) is 1. The molecule has 0 atom stereocenters. The maximum absolute atomic E-state index is 6.30. The molecule has 1 aromatic heterocycles. The van der Waals surface area contributed by atoms with Crippen molar-refractivity contribution in [2.24, 2.45) is 0 Å². The fourth-order valence-electron chi connectivity index (χ4n) is 2.63. The zero-order valence-electron chi connectivity index (χ0n) is 13.7. The summed E-state index contributed by atoms with van der Waals surface area (Å²) in [4.78, 5) is 0. The second-order valence-corrected chi connectivity index (χ2v) is 5.88. The van der Waals surface area contributed by atoms with Crippen molar-refractivity contribution in [1.29, 1.82) is 0 Å². The van der Waals surface area contributed by atoms with Crippen molar-refractivity contribution in [3.05, 3.63) is 11.8 Å². The Morgan fingerprint density at radius 3 is 1.85 bits per heavy atom. The highest BCUT2D eigenvalue weighted by Gasteiger charge is 2.31. The third-order valence-corrected chi connectivity index (χ3v) is 3.88. The molecule has 0 unspecified atom stereocenters. The van der Waals surface area contributed by atoms with Crippen LogP contribution in [0.3, 0.4) is 0 Å². The number of unbranched alkanes of at least 4 members (excludes halogenated alkanes) is 3. The first-order valence-corrected chi connectivity index (χ1v) is 8.28. The smallest absolute Gasteiger partial charge is 0.311 e. The van der Waals surface area contributed by atoms with Gasteiger partial charge in [0.15, 0.2) is 0 Å². The predicted molar refractivity (Wildman–Crippen MR) is 83.2 cm³/mol. The summed E-state index contributed by atoms with van der Waals surface area (Å²) in [5.41, 5.74) is 0.823. The van der Waals surface area contributed by atoms with E-state index in [1.54, 1.807) is 0 Å². The minimum atomic E-state index is -0.0615. The average Bonchev–Trinajstić information content (AvgIpc) is 2.85. The van der Waals surface area contributed by atoms with E-state index in [1.807, 2.05) is 13.0 Å². The SMILES string of the molecule is CCCCC(CCCC)(CCCC)Oc1cc(C)no1. The maximum Gasteiger partial charge on any atom is 0.311 e. The van der Waals surface area contributed by atoms with Gasteiger partial charge in [-0.1, -0.05) is 45.2 Å². The monoisotopic (exact) mass is 281 g/mol. The van der Waals surface area contributed by atoms with Crippen molar-refractivity contribution in [1.82, 2.24) is 5.16 Å². The second-order valence-electron chi connectivity index (χ2n) is 5.88. The molecule has 0 N–H and O–H groups in total. The zero-order chi connectivity index (χ0) is 14.8. The topological polar surface area (TPSA) is 35.3 Å². The van der Waals surface area contributed by atoms with E-state index in [2.05, 4.69) is 25.9 Å². The van der Waals surface area contributed by atoms with Gasteiger partial charge in [0.25, 0.3) is 0 Å². The third kappa shape index (κ3) is 5.56. The third-order valence-electron chi connectivity index (χ3n) is 3.88. The van der Waals surface area contributed by atoms with Gasteiger partial charge in [-0.05, 0) is 45.4 Å². The normalized spacial score (nSPS) is 11.8. The highest BCUT2D eigenvalue weighted by atomic mass is 16.6. The summed E-state index contributed by atoms with van der Waals surface area (Å²) >= 11 is 0. The van der Waals surface area contributed by atoms with Gasteiger partial charge in [-0.15, -0.1) is 0 Å². The highest BCUT2D eigenvalue weighted by molar-refractivity contribution is 5.10. The van der Waals surface area contributed by atoms with E-state index in [0.29, 0.717) is 5.95 Å². The zero-order valence-corrected chi connectivity index (χ0v) is 13.7. The van der Waals surface area contributed by atoms with Gasteiger partial charge in [-0.2, -0.15) is 0 Å². The van der Waals surface area contributed by atoms with Crippen LogP contribution in [0, 0.1) is 6.92 Å². The fourth-order valence-corrected chi connectivity index (χ4v) is 2.63. The van der Waals surface area contributed by atoms with E-state index in [-0.39, 0.29) is 5.60 Å². The van der Waals surface area contributed by atoms with Crippen molar-refractivity contribution >= 4 is 0 Å². The Balaban J connectivity index is 2.80. The van der Waals surface area contributed by atoms with E-state index in [1.165, 1.54) is 38.5 Å². The molecule has 3 nitrogen and oxygen atoms in total. The molecule has 0 bridgehead atoms. The van der Waals surface area contributed by atoms with E-state index < -0.39 is 0 Å². The molecule has 0 spiro atoms. The fraction of sp³-hybridized carbons (Fsp3) is 0.824. The molecule has 1 aromatic rings.